The van der Waals surface area contributed by atoms with Crippen LogP contribution in [0.25, 0.3) is 28.3 Å². The zero-order chi connectivity index (χ0) is 12.1. The fourth-order valence-corrected chi connectivity index (χ4v) is 2.34. The molecular formula is C9H6N8S. The van der Waals surface area contributed by atoms with E-state index < -0.39 is 0 Å². The van der Waals surface area contributed by atoms with Crippen LogP contribution in [0.3, 0.4) is 0 Å². The van der Waals surface area contributed by atoms with Gasteiger partial charge in [0.2, 0.25) is 0 Å². The standard InChI is InChI=1S/C9H6N8S/c10-9-14-4(1-18-9)7-15-16-8-5-6(12-2-11-5)13-3-17(7)8/h1-3H,(H2,10,14)(H,11,12). The normalized spacial score (nSPS) is 11.6. The van der Waals surface area contributed by atoms with Crippen molar-refractivity contribution in [2.45, 2.75) is 0 Å². The molecule has 0 bridgehead atoms. The number of H-pyrrole nitrogens is 1. The average Bonchev–Trinajstić information content (AvgIpc) is 3.03. The van der Waals surface area contributed by atoms with Crippen LogP contribution in [0.4, 0.5) is 5.13 Å². The number of nitrogens with zero attached hydrogens (tertiary/aromatic N) is 6. The Morgan fingerprint density at radius 2 is 2.22 bits per heavy atom. The highest BCUT2D eigenvalue weighted by atomic mass is 32.1. The van der Waals surface area contributed by atoms with Crippen molar-refractivity contribution in [3.8, 4) is 11.5 Å². The molecule has 4 aromatic rings. The molecule has 18 heavy (non-hydrogen) atoms. The number of nitrogens with two attached hydrogens (primary N) is 1. The van der Waals surface area contributed by atoms with Gasteiger partial charge in [0.1, 0.15) is 17.5 Å². The summed E-state index contributed by atoms with van der Waals surface area (Å²) in [5, 5.41) is 10.6. The lowest BCUT2D eigenvalue weighted by Crippen LogP contribution is -1.93. The van der Waals surface area contributed by atoms with Crippen LogP contribution < -0.4 is 5.73 Å². The Morgan fingerprint density at radius 3 is 3.06 bits per heavy atom. The molecule has 3 N–H and O–H groups in total. The number of nitrogen functional groups attached to an aromatic ring is 1. The van der Waals surface area contributed by atoms with Gasteiger partial charge in [-0.1, -0.05) is 0 Å². The Balaban J connectivity index is 2.07. The van der Waals surface area contributed by atoms with E-state index in [1.807, 2.05) is 5.38 Å². The molecule has 0 radical (unpaired) electrons. The van der Waals surface area contributed by atoms with E-state index in [1.165, 1.54) is 11.3 Å². The van der Waals surface area contributed by atoms with Crippen LogP contribution in [0.15, 0.2) is 18.0 Å². The van der Waals surface area contributed by atoms with Crippen molar-refractivity contribution in [2.24, 2.45) is 0 Å². The van der Waals surface area contributed by atoms with E-state index in [-0.39, 0.29) is 0 Å². The van der Waals surface area contributed by atoms with Crippen LogP contribution in [-0.4, -0.2) is 34.5 Å². The molecule has 0 aromatic carbocycles. The number of nitrogens with one attached hydrogen (secondary N) is 1. The van der Waals surface area contributed by atoms with Gasteiger partial charge in [0.25, 0.3) is 0 Å². The topological polar surface area (TPSA) is 111 Å². The van der Waals surface area contributed by atoms with E-state index in [0.29, 0.717) is 27.9 Å². The molecule has 0 saturated carbocycles. The third kappa shape index (κ3) is 1.16. The lowest BCUT2D eigenvalue weighted by atomic mass is 10.4. The predicted octanol–water partition coefficient (Wildman–Crippen LogP) is 0.706. The van der Waals surface area contributed by atoms with Gasteiger partial charge in [0, 0.05) is 5.38 Å². The summed E-state index contributed by atoms with van der Waals surface area (Å²) in [5.74, 6) is 0.613. The van der Waals surface area contributed by atoms with E-state index in [9.17, 15) is 0 Å². The van der Waals surface area contributed by atoms with E-state index in [4.69, 9.17) is 5.73 Å². The monoisotopic (exact) mass is 258 g/mol. The number of hydrogen-bond acceptors (Lipinski definition) is 7. The van der Waals surface area contributed by atoms with Crippen molar-refractivity contribution in [1.29, 1.82) is 0 Å². The molecule has 0 spiro atoms. The van der Waals surface area contributed by atoms with Crippen molar-refractivity contribution in [3.63, 3.8) is 0 Å². The fraction of sp³-hybridized carbons (Fsp3) is 0. The molecular weight excluding hydrogens is 252 g/mol. The Hall–Kier alpha value is -2.55. The fourth-order valence-electron chi connectivity index (χ4n) is 1.80. The molecule has 4 rings (SSSR count). The summed E-state index contributed by atoms with van der Waals surface area (Å²) in [4.78, 5) is 15.5. The Kier molecular flexibility index (Phi) is 1.70. The van der Waals surface area contributed by atoms with E-state index >= 15 is 0 Å². The van der Waals surface area contributed by atoms with Gasteiger partial charge in [-0.2, -0.15) is 0 Å². The second-order valence-corrected chi connectivity index (χ2v) is 4.52. The molecule has 0 fully saturated rings. The summed E-state index contributed by atoms with van der Waals surface area (Å²) in [6.45, 7) is 0. The van der Waals surface area contributed by atoms with Gasteiger partial charge in [-0.25, -0.2) is 15.0 Å². The number of hydrogen-bond donors (Lipinski definition) is 2. The summed E-state index contributed by atoms with van der Waals surface area (Å²) in [7, 11) is 0. The minimum atomic E-state index is 0.498. The van der Waals surface area contributed by atoms with Gasteiger partial charge >= 0.3 is 0 Å². The third-order valence-corrected chi connectivity index (χ3v) is 3.26. The van der Waals surface area contributed by atoms with E-state index in [2.05, 4.69) is 30.1 Å². The first kappa shape index (κ1) is 9.48. The molecule has 0 saturated heterocycles. The molecule has 0 amide bonds. The number of fused-ring (bicyclic) bond motifs is 3. The summed E-state index contributed by atoms with van der Waals surface area (Å²) in [5.41, 5.74) is 8.33. The van der Waals surface area contributed by atoms with Gasteiger partial charge in [0.05, 0.1) is 6.33 Å². The summed E-state index contributed by atoms with van der Waals surface area (Å²) in [6.07, 6.45) is 3.20. The number of imidazole rings is 1. The maximum Gasteiger partial charge on any atom is 0.190 e. The second-order valence-electron chi connectivity index (χ2n) is 3.63. The van der Waals surface area contributed by atoms with Crippen LogP contribution in [0.2, 0.25) is 0 Å². The molecule has 88 valence electrons. The SMILES string of the molecule is Nc1nc(-c2nnc3c4[nH]cnc4ncn23)cs1. The minimum Gasteiger partial charge on any atom is -0.375 e. The summed E-state index contributed by atoms with van der Waals surface area (Å²) in [6, 6.07) is 0. The van der Waals surface area contributed by atoms with Crippen LogP contribution in [0.1, 0.15) is 0 Å². The number of aromatic nitrogens is 7. The van der Waals surface area contributed by atoms with Crippen LogP contribution in [0.5, 0.6) is 0 Å². The molecule has 0 aliphatic heterocycles. The largest absolute Gasteiger partial charge is 0.375 e. The molecule has 9 heteroatoms. The maximum atomic E-state index is 5.62. The average molecular weight is 258 g/mol. The minimum absolute atomic E-state index is 0.498. The zero-order valence-corrected chi connectivity index (χ0v) is 9.72. The van der Waals surface area contributed by atoms with Crippen molar-refractivity contribution in [2.75, 3.05) is 5.73 Å². The molecule has 0 aliphatic rings. The number of thiazole rings is 1. The first-order valence-corrected chi connectivity index (χ1v) is 5.95. The first-order chi connectivity index (χ1) is 8.83. The lowest BCUT2D eigenvalue weighted by Gasteiger charge is -1.95. The van der Waals surface area contributed by atoms with Crippen LogP contribution in [0, 0.1) is 0 Å². The van der Waals surface area contributed by atoms with Crippen molar-refractivity contribution < 1.29 is 0 Å². The molecule has 0 unspecified atom stereocenters. The lowest BCUT2D eigenvalue weighted by molar-refractivity contribution is 1.08. The molecule has 0 atom stereocenters. The number of aromatic amines is 1. The smallest absolute Gasteiger partial charge is 0.190 e. The van der Waals surface area contributed by atoms with Crippen molar-refractivity contribution >= 4 is 33.3 Å². The highest BCUT2D eigenvalue weighted by molar-refractivity contribution is 7.13. The predicted molar refractivity (Wildman–Crippen MR) is 66.0 cm³/mol. The molecule has 4 heterocycles. The van der Waals surface area contributed by atoms with Gasteiger partial charge in [0.15, 0.2) is 22.3 Å². The van der Waals surface area contributed by atoms with Crippen LogP contribution in [-0.2, 0) is 0 Å². The molecule has 0 aliphatic carbocycles. The van der Waals surface area contributed by atoms with Gasteiger partial charge < -0.3 is 10.7 Å². The second kappa shape index (κ2) is 3.23. The van der Waals surface area contributed by atoms with Crippen molar-refractivity contribution in [1.82, 2.24) is 34.5 Å². The van der Waals surface area contributed by atoms with Crippen molar-refractivity contribution in [3.05, 3.63) is 18.0 Å². The Morgan fingerprint density at radius 1 is 1.28 bits per heavy atom. The Labute approximate surface area is 104 Å². The highest BCUT2D eigenvalue weighted by Gasteiger charge is 2.14. The molecule has 4 aromatic heterocycles. The molecule has 8 nitrogen and oxygen atoms in total. The summed E-state index contributed by atoms with van der Waals surface area (Å²) >= 11 is 1.36. The summed E-state index contributed by atoms with van der Waals surface area (Å²) < 4.78 is 1.76. The Bertz CT molecular complexity index is 856. The zero-order valence-electron chi connectivity index (χ0n) is 8.90. The quantitative estimate of drug-likeness (QED) is 0.520. The highest BCUT2D eigenvalue weighted by Crippen LogP contribution is 2.23. The number of anilines is 1. The maximum absolute atomic E-state index is 5.62. The van der Waals surface area contributed by atoms with Gasteiger partial charge in [-0.3, -0.25) is 4.40 Å². The third-order valence-electron chi connectivity index (χ3n) is 2.59. The first-order valence-electron chi connectivity index (χ1n) is 5.07. The van der Waals surface area contributed by atoms with Crippen LogP contribution >= 0.6 is 11.3 Å². The van der Waals surface area contributed by atoms with Gasteiger partial charge in [-0.15, -0.1) is 21.5 Å². The van der Waals surface area contributed by atoms with E-state index in [1.54, 1.807) is 17.1 Å². The van der Waals surface area contributed by atoms with Gasteiger partial charge in [-0.05, 0) is 0 Å². The van der Waals surface area contributed by atoms with E-state index in [0.717, 1.165) is 5.52 Å². The number of rotatable bonds is 1.